The zero-order chi connectivity index (χ0) is 21.3. The second-order valence-corrected chi connectivity index (χ2v) is 7.73. The molecule has 152 valence electrons. The van der Waals surface area contributed by atoms with Crippen LogP contribution < -0.4 is 0 Å². The maximum Gasteiger partial charge on any atom is 0.248 e. The zero-order valence-corrected chi connectivity index (χ0v) is 15.9. The molecule has 0 amide bonds. The Morgan fingerprint density at radius 1 is 0.533 bits per heavy atom. The monoisotopic (exact) mass is 406 g/mol. The highest BCUT2D eigenvalue weighted by atomic mass is 16.3. The molecule has 0 atom stereocenters. The van der Waals surface area contributed by atoms with Crippen LogP contribution in [0.15, 0.2) is 48.5 Å². The number of piperazine rings is 1. The maximum atomic E-state index is 12.8. The van der Waals surface area contributed by atoms with Crippen LogP contribution in [0.25, 0.3) is 0 Å². The lowest BCUT2D eigenvalue weighted by atomic mass is 10.0. The van der Waals surface area contributed by atoms with Crippen molar-refractivity contribution in [3.8, 4) is 0 Å². The topological polar surface area (TPSA) is 115 Å². The average Bonchev–Trinajstić information content (AvgIpc) is 3.11. The Balaban J connectivity index is 1.39. The summed E-state index contributed by atoms with van der Waals surface area (Å²) in [5.74, 6) is -2.74. The molecule has 0 bridgehead atoms. The number of nitrogens with zero attached hydrogens (tertiary/aromatic N) is 2. The molecule has 0 spiro atoms. The Labute approximate surface area is 171 Å². The molecule has 8 heteroatoms. The van der Waals surface area contributed by atoms with Gasteiger partial charge in [-0.05, 0) is 0 Å². The second kappa shape index (κ2) is 6.23. The molecule has 1 aliphatic heterocycles. The van der Waals surface area contributed by atoms with Crippen molar-refractivity contribution in [2.75, 3.05) is 26.2 Å². The Kier molecular flexibility index (Phi) is 3.93. The van der Waals surface area contributed by atoms with Gasteiger partial charge >= 0.3 is 0 Å². The van der Waals surface area contributed by atoms with Gasteiger partial charge in [0.25, 0.3) is 0 Å². The van der Waals surface area contributed by atoms with E-state index >= 15 is 0 Å². The van der Waals surface area contributed by atoms with E-state index in [1.165, 1.54) is 34.1 Å². The number of rotatable bonds is 2. The van der Waals surface area contributed by atoms with E-state index in [-0.39, 0.29) is 48.4 Å². The van der Waals surface area contributed by atoms with Crippen LogP contribution in [-0.2, 0) is 0 Å². The number of hydrogen-bond acceptors (Lipinski definition) is 8. The molecular weight excluding hydrogens is 388 g/mol. The first-order chi connectivity index (χ1) is 14.3. The van der Waals surface area contributed by atoms with Crippen LogP contribution >= 0.6 is 0 Å². The number of benzene rings is 2. The molecule has 1 saturated heterocycles. The standard InChI is InChI=1S/C22H18N2O6/c25-17-13-5-1-2-6-14(13)18(26)21(17,29)23-9-11-24(12-10-23)22(30)19(27)15-7-3-4-8-16(15)20(22)28/h1-8,29-30H,9-12H2. The van der Waals surface area contributed by atoms with Crippen molar-refractivity contribution < 1.29 is 29.4 Å². The van der Waals surface area contributed by atoms with Crippen molar-refractivity contribution in [1.82, 2.24) is 9.80 Å². The van der Waals surface area contributed by atoms with Crippen molar-refractivity contribution in [3.63, 3.8) is 0 Å². The molecule has 2 N–H and O–H groups in total. The third-order valence-corrected chi connectivity index (χ3v) is 6.29. The number of carbonyl (C=O) groups excluding carboxylic acids is 4. The van der Waals surface area contributed by atoms with Gasteiger partial charge in [-0.1, -0.05) is 48.5 Å². The molecule has 0 saturated carbocycles. The fourth-order valence-electron chi connectivity index (χ4n) is 4.64. The number of fused-ring (bicyclic) bond motifs is 2. The van der Waals surface area contributed by atoms with Crippen molar-refractivity contribution in [1.29, 1.82) is 0 Å². The highest BCUT2D eigenvalue weighted by molar-refractivity contribution is 6.32. The van der Waals surface area contributed by atoms with Crippen LogP contribution in [0, 0.1) is 0 Å². The average molecular weight is 406 g/mol. The van der Waals surface area contributed by atoms with Gasteiger partial charge in [-0.2, -0.15) is 0 Å². The summed E-state index contributed by atoms with van der Waals surface area (Å²) in [5, 5.41) is 22.1. The second-order valence-electron chi connectivity index (χ2n) is 7.73. The minimum atomic E-state index is -2.31. The lowest BCUT2D eigenvalue weighted by Gasteiger charge is -2.44. The summed E-state index contributed by atoms with van der Waals surface area (Å²) in [6.45, 7) is 0.0603. The van der Waals surface area contributed by atoms with Crippen molar-refractivity contribution in [2.45, 2.75) is 11.4 Å². The first kappa shape index (κ1) is 19.0. The van der Waals surface area contributed by atoms with E-state index in [0.29, 0.717) is 0 Å². The third-order valence-electron chi connectivity index (χ3n) is 6.29. The van der Waals surface area contributed by atoms with Gasteiger partial charge in [0.1, 0.15) is 0 Å². The first-order valence-electron chi connectivity index (χ1n) is 9.63. The Hall–Kier alpha value is -3.04. The van der Waals surface area contributed by atoms with Gasteiger partial charge in [-0.25, -0.2) is 0 Å². The maximum absolute atomic E-state index is 12.8. The lowest BCUT2D eigenvalue weighted by Crippen LogP contribution is -2.67. The van der Waals surface area contributed by atoms with Crippen molar-refractivity contribution in [3.05, 3.63) is 70.8 Å². The van der Waals surface area contributed by atoms with Gasteiger partial charge in [-0.15, -0.1) is 0 Å². The van der Waals surface area contributed by atoms with Crippen LogP contribution in [-0.4, -0.2) is 80.8 Å². The lowest BCUT2D eigenvalue weighted by molar-refractivity contribution is -0.102. The minimum Gasteiger partial charge on any atom is -0.362 e. The first-order valence-corrected chi connectivity index (χ1v) is 9.63. The van der Waals surface area contributed by atoms with E-state index in [4.69, 9.17) is 0 Å². The molecule has 2 aromatic carbocycles. The van der Waals surface area contributed by atoms with E-state index in [1.807, 2.05) is 0 Å². The zero-order valence-electron chi connectivity index (χ0n) is 15.9. The molecule has 5 rings (SSSR count). The molecule has 0 radical (unpaired) electrons. The molecule has 30 heavy (non-hydrogen) atoms. The smallest absolute Gasteiger partial charge is 0.248 e. The van der Waals surface area contributed by atoms with Gasteiger partial charge in [0.05, 0.1) is 0 Å². The van der Waals surface area contributed by atoms with Gasteiger partial charge in [0.15, 0.2) is 0 Å². The highest BCUT2D eigenvalue weighted by Crippen LogP contribution is 2.36. The van der Waals surface area contributed by atoms with Gasteiger partial charge in [-0.3, -0.25) is 29.0 Å². The summed E-state index contributed by atoms with van der Waals surface area (Å²) in [5.41, 5.74) is -3.95. The summed E-state index contributed by atoms with van der Waals surface area (Å²) in [7, 11) is 0. The molecule has 2 aliphatic carbocycles. The van der Waals surface area contributed by atoms with Crippen molar-refractivity contribution >= 4 is 23.1 Å². The quantitative estimate of drug-likeness (QED) is 0.677. The summed E-state index contributed by atoms with van der Waals surface area (Å²) in [4.78, 5) is 53.9. The summed E-state index contributed by atoms with van der Waals surface area (Å²) in [6, 6.07) is 12.5. The molecule has 0 aromatic heterocycles. The third kappa shape index (κ3) is 2.19. The van der Waals surface area contributed by atoms with Crippen LogP contribution in [0.3, 0.4) is 0 Å². The fraction of sp³-hybridized carbons (Fsp3) is 0.273. The van der Waals surface area contributed by atoms with Crippen LogP contribution in [0.2, 0.25) is 0 Å². The molecule has 0 unspecified atom stereocenters. The molecule has 1 fully saturated rings. The number of hydrogen-bond donors (Lipinski definition) is 2. The molecule has 1 heterocycles. The van der Waals surface area contributed by atoms with E-state index in [2.05, 4.69) is 0 Å². The Morgan fingerprint density at radius 3 is 1.00 bits per heavy atom. The van der Waals surface area contributed by atoms with Crippen LogP contribution in [0.5, 0.6) is 0 Å². The summed E-state index contributed by atoms with van der Waals surface area (Å²) in [6.07, 6.45) is 0. The van der Waals surface area contributed by atoms with E-state index in [1.54, 1.807) is 24.3 Å². The number of carbonyl (C=O) groups is 4. The molecule has 2 aromatic rings. The van der Waals surface area contributed by atoms with Gasteiger partial charge < -0.3 is 10.2 Å². The van der Waals surface area contributed by atoms with E-state index < -0.39 is 34.6 Å². The van der Waals surface area contributed by atoms with E-state index in [9.17, 15) is 29.4 Å². The predicted octanol–water partition coefficient (Wildman–Crippen LogP) is 0.140. The van der Waals surface area contributed by atoms with Crippen LogP contribution in [0.4, 0.5) is 0 Å². The summed E-state index contributed by atoms with van der Waals surface area (Å²) < 4.78 is 0. The number of Topliss-reactive ketones (excluding diaryl/α,β-unsaturated/α-hetero) is 4. The van der Waals surface area contributed by atoms with Gasteiger partial charge in [0.2, 0.25) is 34.6 Å². The number of ketones is 4. The minimum absolute atomic E-state index is 0.0151. The molecule has 8 nitrogen and oxygen atoms in total. The predicted molar refractivity (Wildman–Crippen MR) is 103 cm³/mol. The fourth-order valence-corrected chi connectivity index (χ4v) is 4.64. The largest absolute Gasteiger partial charge is 0.362 e. The van der Waals surface area contributed by atoms with Crippen molar-refractivity contribution in [2.24, 2.45) is 0 Å². The molecule has 3 aliphatic rings. The summed E-state index contributed by atoms with van der Waals surface area (Å²) >= 11 is 0. The normalized spacial score (nSPS) is 23.0. The van der Waals surface area contributed by atoms with Gasteiger partial charge in [0, 0.05) is 48.4 Å². The SMILES string of the molecule is O=C1c2ccccc2C(=O)C1(O)N1CCN(C2(O)C(=O)c3ccccc3C2=O)CC1. The Morgan fingerprint density at radius 2 is 0.767 bits per heavy atom. The van der Waals surface area contributed by atoms with Crippen LogP contribution in [0.1, 0.15) is 41.4 Å². The molecular formula is C22H18N2O6. The highest BCUT2D eigenvalue weighted by Gasteiger charge is 2.59. The Bertz CT molecular complexity index is 972. The number of aliphatic hydroxyl groups is 2. The van der Waals surface area contributed by atoms with E-state index in [0.717, 1.165) is 0 Å².